The summed E-state index contributed by atoms with van der Waals surface area (Å²) in [6.07, 6.45) is 0. The van der Waals surface area contributed by atoms with Crippen molar-refractivity contribution in [3.8, 4) is 0 Å². The molecule has 0 rings (SSSR count). The quantitative estimate of drug-likeness (QED) is 0.491. The van der Waals surface area contributed by atoms with Gasteiger partial charge in [0.1, 0.15) is 0 Å². The van der Waals surface area contributed by atoms with E-state index in [9.17, 15) is 0 Å². The first kappa shape index (κ1) is 16.5. The van der Waals surface area contributed by atoms with Crippen molar-refractivity contribution in [1.82, 2.24) is 0 Å². The van der Waals surface area contributed by atoms with Crippen molar-refractivity contribution in [3.63, 3.8) is 0 Å². The average molecular weight is 174 g/mol. The Kier molecular flexibility index (Phi) is 24.5. The van der Waals surface area contributed by atoms with E-state index in [1.54, 1.807) is 0 Å². The van der Waals surface area contributed by atoms with Crippen molar-refractivity contribution in [3.05, 3.63) is 0 Å². The van der Waals surface area contributed by atoms with Gasteiger partial charge in [-0.2, -0.15) is 0 Å². The van der Waals surface area contributed by atoms with Gasteiger partial charge in [0, 0.05) is 28.0 Å². The van der Waals surface area contributed by atoms with Gasteiger partial charge >= 0.3 is 0 Å². The molecule has 0 spiro atoms. The summed E-state index contributed by atoms with van der Waals surface area (Å²) in [5.74, 6) is -0.833. The third-order valence-corrected chi connectivity index (χ3v) is 0. The van der Waals surface area contributed by atoms with Crippen LogP contribution in [-0.4, -0.2) is 16.6 Å². The molecule has 0 atom stereocenters. The second kappa shape index (κ2) is 8.93. The molecule has 0 fully saturated rings. The zero-order valence-electron chi connectivity index (χ0n) is 3.26. The van der Waals surface area contributed by atoms with Crippen molar-refractivity contribution in [2.24, 2.45) is 0 Å². The molecule has 0 aromatic carbocycles. The van der Waals surface area contributed by atoms with E-state index < -0.39 is 5.97 Å². The molecular weight excluding hydrogens is 168 g/mol. The molecule has 0 aliphatic heterocycles. The topological polar surface area (TPSA) is 68.8 Å². The Balaban J connectivity index is -0.0000000450. The van der Waals surface area contributed by atoms with E-state index in [0.29, 0.717) is 0 Å². The van der Waals surface area contributed by atoms with Crippen LogP contribution in [0.2, 0.25) is 0 Å². The third-order valence-electron chi connectivity index (χ3n) is 0. The molecule has 3 N–H and O–H groups in total. The molecule has 0 saturated heterocycles. The van der Waals surface area contributed by atoms with Crippen molar-refractivity contribution in [1.29, 1.82) is 0 Å². The number of aliphatic carboxylic acids is 1. The Labute approximate surface area is 49.9 Å². The molecule has 0 radical (unpaired) electrons. The summed E-state index contributed by atoms with van der Waals surface area (Å²) >= 11 is 0. The fraction of sp³-hybridized carbons (Fsp3) is 0.500. The first-order valence-corrected chi connectivity index (χ1v) is 0.928. The van der Waals surface area contributed by atoms with Gasteiger partial charge in [0.25, 0.3) is 5.97 Å². The van der Waals surface area contributed by atoms with E-state index in [1.807, 2.05) is 0 Å². The maximum absolute atomic E-state index is 9.00. The van der Waals surface area contributed by atoms with Crippen LogP contribution in [0.3, 0.4) is 0 Å². The van der Waals surface area contributed by atoms with Crippen molar-refractivity contribution >= 4 is 5.97 Å². The smallest absolute Gasteiger partial charge is 0.300 e. The van der Waals surface area contributed by atoms with Gasteiger partial charge in [-0.05, 0) is 0 Å². The molecule has 0 amide bonds. The molecule has 0 aliphatic rings. The van der Waals surface area contributed by atoms with Crippen LogP contribution in [0, 0.1) is 0 Å². The largest absolute Gasteiger partial charge is 0.481 e. The number of hydrogen-bond acceptors (Lipinski definition) is 1. The number of carbonyl (C=O) groups is 1. The molecule has 6 heavy (non-hydrogen) atoms. The second-order valence-electron chi connectivity index (χ2n) is 0.519. The summed E-state index contributed by atoms with van der Waals surface area (Å²) in [6.45, 7) is 1.08. The molecule has 38 valence electrons. The van der Waals surface area contributed by atoms with Gasteiger partial charge < -0.3 is 10.6 Å². The maximum atomic E-state index is 9.00. The summed E-state index contributed by atoms with van der Waals surface area (Å²) < 4.78 is 0. The molecule has 0 bridgehead atoms. The van der Waals surface area contributed by atoms with Crippen LogP contribution in [0.5, 0.6) is 0 Å². The summed E-state index contributed by atoms with van der Waals surface area (Å²) in [6, 6.07) is 0. The zero-order chi connectivity index (χ0) is 3.58. The Morgan fingerprint density at radius 1 is 1.67 bits per heavy atom. The van der Waals surface area contributed by atoms with Crippen LogP contribution in [-0.2, 0) is 25.9 Å². The number of carboxylic acids is 1. The molecular formula is C2H6MoO3. The van der Waals surface area contributed by atoms with Gasteiger partial charge in [-0.25, -0.2) is 0 Å². The molecule has 0 aromatic heterocycles. The van der Waals surface area contributed by atoms with Gasteiger partial charge in [-0.3, -0.25) is 4.79 Å². The summed E-state index contributed by atoms with van der Waals surface area (Å²) in [5, 5.41) is 7.42. The maximum Gasteiger partial charge on any atom is 0.300 e. The minimum absolute atomic E-state index is 0. The van der Waals surface area contributed by atoms with Crippen molar-refractivity contribution in [2.45, 2.75) is 6.92 Å². The van der Waals surface area contributed by atoms with Gasteiger partial charge in [0.15, 0.2) is 0 Å². The minimum atomic E-state index is -0.833. The number of hydrogen-bond donors (Lipinski definition) is 1. The molecule has 0 aliphatic carbocycles. The SMILES string of the molecule is CC(=O)O.O.[Mo]. The second-order valence-corrected chi connectivity index (χ2v) is 0.519. The molecule has 0 heterocycles. The van der Waals surface area contributed by atoms with Crippen LogP contribution in [0.4, 0.5) is 0 Å². The Morgan fingerprint density at radius 3 is 1.67 bits per heavy atom. The van der Waals surface area contributed by atoms with Crippen LogP contribution in [0.1, 0.15) is 6.92 Å². The number of carboxylic acid groups (broad SMARTS) is 1. The molecule has 4 heteroatoms. The molecule has 0 aromatic rings. The van der Waals surface area contributed by atoms with Gasteiger partial charge in [-0.1, -0.05) is 0 Å². The van der Waals surface area contributed by atoms with E-state index >= 15 is 0 Å². The molecule has 3 nitrogen and oxygen atoms in total. The average Bonchev–Trinajstić information content (AvgIpc) is 0.811. The monoisotopic (exact) mass is 176 g/mol. The van der Waals surface area contributed by atoms with Crippen molar-refractivity contribution < 1.29 is 36.4 Å². The van der Waals surface area contributed by atoms with E-state index in [-0.39, 0.29) is 26.5 Å². The fourth-order valence-corrected chi connectivity index (χ4v) is 0. The Morgan fingerprint density at radius 2 is 1.67 bits per heavy atom. The van der Waals surface area contributed by atoms with Crippen LogP contribution in [0.15, 0.2) is 0 Å². The molecule has 0 unspecified atom stereocenters. The molecule has 0 saturated carbocycles. The first-order valence-electron chi connectivity index (χ1n) is 0.928. The first-order chi connectivity index (χ1) is 1.73. The zero-order valence-corrected chi connectivity index (χ0v) is 5.27. The van der Waals surface area contributed by atoms with Gasteiger partial charge in [0.05, 0.1) is 0 Å². The third kappa shape index (κ3) is 2860. The normalized spacial score (nSPS) is 4.17. The minimum Gasteiger partial charge on any atom is -0.481 e. The summed E-state index contributed by atoms with van der Waals surface area (Å²) in [5.41, 5.74) is 0. The van der Waals surface area contributed by atoms with E-state index in [2.05, 4.69) is 0 Å². The van der Waals surface area contributed by atoms with E-state index in [0.717, 1.165) is 6.92 Å². The predicted octanol–water partition coefficient (Wildman–Crippen LogP) is -0.736. The fourth-order valence-electron chi connectivity index (χ4n) is 0. The number of rotatable bonds is 0. The Bertz CT molecular complexity index is 31.8. The van der Waals surface area contributed by atoms with Gasteiger partial charge in [0.2, 0.25) is 0 Å². The van der Waals surface area contributed by atoms with Gasteiger partial charge in [-0.15, -0.1) is 0 Å². The summed E-state index contributed by atoms with van der Waals surface area (Å²) in [4.78, 5) is 9.00. The predicted molar refractivity (Wildman–Crippen MR) is 16.9 cm³/mol. The van der Waals surface area contributed by atoms with E-state index in [4.69, 9.17) is 9.90 Å². The van der Waals surface area contributed by atoms with E-state index in [1.165, 1.54) is 0 Å². The van der Waals surface area contributed by atoms with Crippen LogP contribution < -0.4 is 0 Å². The van der Waals surface area contributed by atoms with Crippen molar-refractivity contribution in [2.75, 3.05) is 0 Å². The van der Waals surface area contributed by atoms with Crippen LogP contribution >= 0.6 is 0 Å². The summed E-state index contributed by atoms with van der Waals surface area (Å²) in [7, 11) is 0. The Hall–Kier alpha value is 0.118. The standard InChI is InChI=1S/C2H4O2.Mo.H2O/c1-2(3)4;;/h1H3,(H,3,4);;1H2. The van der Waals surface area contributed by atoms with Crippen LogP contribution in [0.25, 0.3) is 0 Å².